The maximum Gasteiger partial charge on any atom is 0.259 e. The molecule has 7 heteroatoms. The Labute approximate surface area is 165 Å². The van der Waals surface area contributed by atoms with E-state index in [1.54, 1.807) is 30.3 Å². The van der Waals surface area contributed by atoms with Crippen LogP contribution in [0.3, 0.4) is 0 Å². The molecule has 0 atom stereocenters. The number of carbonyl (C=O) groups is 2. The normalized spacial score (nSPS) is 13.4. The molecule has 1 aliphatic rings. The monoisotopic (exact) mass is 441 g/mol. The van der Waals surface area contributed by atoms with Crippen LogP contribution in [0.2, 0.25) is 5.02 Å². The van der Waals surface area contributed by atoms with Crippen LogP contribution < -0.4 is 5.32 Å². The van der Waals surface area contributed by atoms with Crippen molar-refractivity contribution in [2.24, 2.45) is 0 Å². The van der Waals surface area contributed by atoms with E-state index in [2.05, 4.69) is 21.2 Å². The van der Waals surface area contributed by atoms with Crippen molar-refractivity contribution in [1.82, 2.24) is 5.32 Å². The van der Waals surface area contributed by atoms with Crippen LogP contribution in [-0.4, -0.2) is 16.9 Å². The first-order valence-electron chi connectivity index (χ1n) is 7.98. The van der Waals surface area contributed by atoms with Crippen LogP contribution in [-0.2, 0) is 0 Å². The Morgan fingerprint density at radius 2 is 1.74 bits per heavy atom. The molecule has 2 amide bonds. The summed E-state index contributed by atoms with van der Waals surface area (Å²) >= 11 is 9.70. The van der Waals surface area contributed by atoms with E-state index >= 15 is 0 Å². The number of nitrogens with one attached hydrogen (secondary N) is 1. The molecule has 1 aliphatic heterocycles. The number of imide groups is 1. The lowest BCUT2D eigenvalue weighted by Gasteiger charge is -2.09. The number of phenolic OH excluding ortho intramolecular Hbond substituents is 1. The van der Waals surface area contributed by atoms with Crippen LogP contribution in [0.15, 0.2) is 51.4 Å². The van der Waals surface area contributed by atoms with E-state index in [4.69, 9.17) is 16.0 Å². The number of fused-ring (bicyclic) bond motifs is 5. The fraction of sp³-hybridized carbons (Fsp3) is 0. The minimum Gasteiger partial charge on any atom is -0.508 e. The van der Waals surface area contributed by atoms with Gasteiger partial charge < -0.3 is 9.52 Å². The van der Waals surface area contributed by atoms with E-state index in [0.29, 0.717) is 42.6 Å². The Kier molecular flexibility index (Phi) is 3.38. The minimum atomic E-state index is -0.504. The highest BCUT2D eigenvalue weighted by atomic mass is 79.9. The van der Waals surface area contributed by atoms with Crippen LogP contribution in [0, 0.1) is 0 Å². The Hall–Kier alpha value is -2.83. The molecule has 0 fully saturated rings. The smallest absolute Gasteiger partial charge is 0.259 e. The maximum absolute atomic E-state index is 12.6. The third kappa shape index (κ3) is 2.23. The number of carbonyl (C=O) groups excluding carboxylic acids is 2. The van der Waals surface area contributed by atoms with Gasteiger partial charge in [-0.25, -0.2) is 0 Å². The number of aromatic hydroxyl groups is 1. The number of halogens is 2. The third-order valence-electron chi connectivity index (χ3n) is 4.65. The highest BCUT2D eigenvalue weighted by Gasteiger charge is 2.35. The zero-order valence-corrected chi connectivity index (χ0v) is 15.8. The number of phenols is 1. The van der Waals surface area contributed by atoms with Crippen LogP contribution >= 0.6 is 27.5 Å². The standard InChI is InChI=1S/C20H9BrClNO4/c21-12-6-8(24)5-11-15-14(27-18(11)12)7-10(9-3-1-2-4-13(9)22)16-17(15)20(26)23-19(16)25/h1-7,24H,(H,23,25,26). The van der Waals surface area contributed by atoms with E-state index in [9.17, 15) is 14.7 Å². The van der Waals surface area contributed by atoms with Crippen molar-refractivity contribution in [3.63, 3.8) is 0 Å². The molecule has 0 aliphatic carbocycles. The van der Waals surface area contributed by atoms with E-state index < -0.39 is 11.8 Å². The Morgan fingerprint density at radius 1 is 1.00 bits per heavy atom. The summed E-state index contributed by atoms with van der Waals surface area (Å²) in [6.07, 6.45) is 0. The maximum atomic E-state index is 12.6. The molecule has 0 spiro atoms. The van der Waals surface area contributed by atoms with Crippen molar-refractivity contribution in [1.29, 1.82) is 0 Å². The lowest BCUT2D eigenvalue weighted by Crippen LogP contribution is -2.20. The van der Waals surface area contributed by atoms with Crippen molar-refractivity contribution in [2.75, 3.05) is 0 Å². The second-order valence-corrected chi connectivity index (χ2v) is 7.48. The van der Waals surface area contributed by atoms with Crippen molar-refractivity contribution in [2.45, 2.75) is 0 Å². The predicted molar refractivity (Wildman–Crippen MR) is 105 cm³/mol. The Balaban J connectivity index is 2.01. The van der Waals surface area contributed by atoms with Gasteiger partial charge in [-0.1, -0.05) is 29.8 Å². The number of rotatable bonds is 1. The molecule has 0 saturated heterocycles. The van der Waals surface area contributed by atoms with Gasteiger partial charge in [0.1, 0.15) is 16.9 Å². The molecule has 3 aromatic carbocycles. The lowest BCUT2D eigenvalue weighted by molar-refractivity contribution is 0.0880. The summed E-state index contributed by atoms with van der Waals surface area (Å²) in [5, 5.41) is 13.8. The quantitative estimate of drug-likeness (QED) is 0.394. The van der Waals surface area contributed by atoms with E-state index in [0.717, 1.165) is 0 Å². The topological polar surface area (TPSA) is 79.5 Å². The average molecular weight is 443 g/mol. The molecule has 0 unspecified atom stereocenters. The van der Waals surface area contributed by atoms with Crippen LogP contribution in [0.1, 0.15) is 20.7 Å². The number of amides is 2. The number of benzene rings is 3. The Bertz CT molecular complexity index is 1330. The van der Waals surface area contributed by atoms with Crippen LogP contribution in [0.4, 0.5) is 0 Å². The van der Waals surface area contributed by atoms with Crippen molar-refractivity contribution < 1.29 is 19.1 Å². The van der Waals surface area contributed by atoms with Gasteiger partial charge in [0, 0.05) is 26.9 Å². The van der Waals surface area contributed by atoms with E-state index in [1.165, 1.54) is 12.1 Å². The van der Waals surface area contributed by atoms with Gasteiger partial charge in [0.2, 0.25) is 0 Å². The summed E-state index contributed by atoms with van der Waals surface area (Å²) in [6, 6.07) is 11.8. The number of hydrogen-bond donors (Lipinski definition) is 2. The largest absolute Gasteiger partial charge is 0.508 e. The Morgan fingerprint density at radius 3 is 2.52 bits per heavy atom. The zero-order valence-electron chi connectivity index (χ0n) is 13.5. The molecule has 1 aromatic heterocycles. The first-order chi connectivity index (χ1) is 13.0. The molecule has 2 heterocycles. The first-order valence-corrected chi connectivity index (χ1v) is 9.15. The molecular formula is C20H9BrClNO4. The zero-order chi connectivity index (χ0) is 18.9. The molecule has 5 rings (SSSR count). The van der Waals surface area contributed by atoms with Gasteiger partial charge in [-0.05, 0) is 40.2 Å². The van der Waals surface area contributed by atoms with Crippen molar-refractivity contribution in [3.05, 3.63) is 63.1 Å². The number of hydrogen-bond acceptors (Lipinski definition) is 4. The fourth-order valence-corrected chi connectivity index (χ4v) is 4.33. The molecule has 0 saturated carbocycles. The third-order valence-corrected chi connectivity index (χ3v) is 5.56. The summed E-state index contributed by atoms with van der Waals surface area (Å²) in [4.78, 5) is 25.1. The highest BCUT2D eigenvalue weighted by Crippen LogP contribution is 2.44. The molecule has 132 valence electrons. The molecule has 4 aromatic rings. The van der Waals surface area contributed by atoms with Gasteiger partial charge in [0.05, 0.1) is 15.6 Å². The fourth-order valence-electron chi connectivity index (χ4n) is 3.57. The highest BCUT2D eigenvalue weighted by molar-refractivity contribution is 9.10. The van der Waals surface area contributed by atoms with Crippen molar-refractivity contribution >= 4 is 61.3 Å². The second kappa shape index (κ2) is 5.58. The van der Waals surface area contributed by atoms with E-state index in [-0.39, 0.29) is 16.9 Å². The van der Waals surface area contributed by atoms with Gasteiger partial charge in [-0.3, -0.25) is 14.9 Å². The summed E-state index contributed by atoms with van der Waals surface area (Å²) < 4.78 is 6.50. The van der Waals surface area contributed by atoms with Crippen LogP contribution in [0.25, 0.3) is 33.1 Å². The summed E-state index contributed by atoms with van der Waals surface area (Å²) in [6.45, 7) is 0. The van der Waals surface area contributed by atoms with Crippen LogP contribution in [0.5, 0.6) is 5.75 Å². The second-order valence-electron chi connectivity index (χ2n) is 6.22. The number of furan rings is 1. The average Bonchev–Trinajstić information content (AvgIpc) is 3.12. The molecule has 2 N–H and O–H groups in total. The molecule has 0 radical (unpaired) electrons. The SMILES string of the molecule is O=C1NC(=O)c2c1c(-c1ccccc1Cl)cc1oc3c(Br)cc(O)cc3c21. The van der Waals surface area contributed by atoms with Gasteiger partial charge >= 0.3 is 0 Å². The molecule has 5 nitrogen and oxygen atoms in total. The van der Waals surface area contributed by atoms with Gasteiger partial charge in [0.25, 0.3) is 11.8 Å². The van der Waals surface area contributed by atoms with Gasteiger partial charge in [0.15, 0.2) is 0 Å². The summed E-state index contributed by atoms with van der Waals surface area (Å²) in [5.41, 5.74) is 2.53. The van der Waals surface area contributed by atoms with Crippen molar-refractivity contribution in [3.8, 4) is 16.9 Å². The van der Waals surface area contributed by atoms with E-state index in [1.807, 2.05) is 0 Å². The molecule has 27 heavy (non-hydrogen) atoms. The van der Waals surface area contributed by atoms with Gasteiger partial charge in [-0.15, -0.1) is 0 Å². The molecule has 0 bridgehead atoms. The lowest BCUT2D eigenvalue weighted by atomic mass is 9.93. The summed E-state index contributed by atoms with van der Waals surface area (Å²) in [7, 11) is 0. The first kappa shape index (κ1) is 16.4. The van der Waals surface area contributed by atoms with Gasteiger partial charge in [-0.2, -0.15) is 0 Å². The summed E-state index contributed by atoms with van der Waals surface area (Å²) in [5.74, 6) is -0.970. The predicted octanol–water partition coefficient (Wildman–Crippen LogP) is 5.26. The molecular weight excluding hydrogens is 434 g/mol. The minimum absolute atomic E-state index is 0.0192.